The van der Waals surface area contributed by atoms with E-state index in [2.05, 4.69) is 16.6 Å². The fourth-order valence-electron chi connectivity index (χ4n) is 3.53. The van der Waals surface area contributed by atoms with E-state index in [1.54, 1.807) is 11.3 Å². The fraction of sp³-hybridized carbons (Fsp3) is 0.333. The number of thiophene rings is 1. The first-order valence-corrected chi connectivity index (χ1v) is 10.0. The number of hydrogen-bond donors (Lipinski definition) is 0. The highest BCUT2D eigenvalue weighted by molar-refractivity contribution is 7.10. The van der Waals surface area contributed by atoms with E-state index in [4.69, 9.17) is 9.26 Å². The summed E-state index contributed by atoms with van der Waals surface area (Å²) in [7, 11) is 0. The van der Waals surface area contributed by atoms with Crippen LogP contribution in [0.4, 0.5) is 0 Å². The Morgan fingerprint density at radius 1 is 1.33 bits per heavy atom. The first-order valence-electron chi connectivity index (χ1n) is 9.12. The van der Waals surface area contributed by atoms with Gasteiger partial charge in [0.2, 0.25) is 0 Å². The van der Waals surface area contributed by atoms with Gasteiger partial charge in [-0.3, -0.25) is 4.79 Å². The van der Waals surface area contributed by atoms with Crippen molar-refractivity contribution in [3.8, 4) is 5.75 Å². The van der Waals surface area contributed by atoms with Gasteiger partial charge in [0.15, 0.2) is 0 Å². The predicted molar refractivity (Wildman–Crippen MR) is 104 cm³/mol. The maximum absolute atomic E-state index is 13.1. The van der Waals surface area contributed by atoms with Crippen LogP contribution in [0, 0.1) is 13.8 Å². The molecule has 1 aliphatic heterocycles. The average molecular weight is 382 g/mol. The Morgan fingerprint density at radius 2 is 2.22 bits per heavy atom. The van der Waals surface area contributed by atoms with Gasteiger partial charge in [-0.05, 0) is 56.3 Å². The molecule has 0 saturated carbocycles. The van der Waals surface area contributed by atoms with Crippen molar-refractivity contribution < 1.29 is 14.1 Å². The molecule has 6 heteroatoms. The Balaban J connectivity index is 1.49. The monoisotopic (exact) mass is 382 g/mol. The molecule has 27 heavy (non-hydrogen) atoms. The predicted octanol–water partition coefficient (Wildman–Crippen LogP) is 4.91. The number of aryl methyl sites for hydroxylation is 2. The third-order valence-corrected chi connectivity index (χ3v) is 6.00. The number of ether oxygens (including phenoxy) is 1. The van der Waals surface area contributed by atoms with E-state index < -0.39 is 0 Å². The van der Waals surface area contributed by atoms with Gasteiger partial charge < -0.3 is 14.2 Å². The SMILES string of the molecule is Cc1noc(C)c1COc1cccc(C(=O)N2CCC[C@H]2c2cccs2)c1. The van der Waals surface area contributed by atoms with Crippen LogP contribution in [0.3, 0.4) is 0 Å². The Kier molecular flexibility index (Phi) is 4.99. The van der Waals surface area contributed by atoms with Crippen molar-refractivity contribution >= 4 is 17.2 Å². The normalized spacial score (nSPS) is 16.7. The minimum atomic E-state index is 0.0636. The molecule has 0 N–H and O–H groups in total. The smallest absolute Gasteiger partial charge is 0.254 e. The summed E-state index contributed by atoms with van der Waals surface area (Å²) in [6, 6.07) is 11.8. The second-order valence-electron chi connectivity index (χ2n) is 6.79. The van der Waals surface area contributed by atoms with E-state index in [9.17, 15) is 4.79 Å². The lowest BCUT2D eigenvalue weighted by Crippen LogP contribution is -2.30. The molecule has 1 saturated heterocycles. The zero-order valence-corrected chi connectivity index (χ0v) is 16.3. The molecule has 3 aromatic rings. The molecule has 1 atom stereocenters. The lowest BCUT2D eigenvalue weighted by molar-refractivity contribution is 0.0737. The van der Waals surface area contributed by atoms with Gasteiger partial charge in [0, 0.05) is 17.0 Å². The summed E-state index contributed by atoms with van der Waals surface area (Å²) >= 11 is 1.72. The number of hydrogen-bond acceptors (Lipinski definition) is 5. The number of rotatable bonds is 5. The number of likely N-dealkylation sites (tertiary alicyclic amines) is 1. The molecule has 0 radical (unpaired) electrons. The van der Waals surface area contributed by atoms with E-state index in [0.717, 1.165) is 36.4 Å². The second kappa shape index (κ2) is 7.56. The van der Waals surface area contributed by atoms with E-state index in [0.29, 0.717) is 17.9 Å². The van der Waals surface area contributed by atoms with Crippen LogP contribution in [0.25, 0.3) is 0 Å². The molecular weight excluding hydrogens is 360 g/mol. The highest BCUT2D eigenvalue weighted by atomic mass is 32.1. The van der Waals surface area contributed by atoms with Crippen molar-refractivity contribution in [2.45, 2.75) is 39.3 Å². The van der Waals surface area contributed by atoms with Crippen LogP contribution in [-0.2, 0) is 6.61 Å². The molecule has 140 valence electrons. The van der Waals surface area contributed by atoms with Crippen molar-refractivity contribution in [3.63, 3.8) is 0 Å². The summed E-state index contributed by atoms with van der Waals surface area (Å²) in [5.41, 5.74) is 2.44. The van der Waals surface area contributed by atoms with Gasteiger partial charge in [0.1, 0.15) is 18.1 Å². The van der Waals surface area contributed by atoms with Crippen LogP contribution in [0.2, 0.25) is 0 Å². The lowest BCUT2D eigenvalue weighted by atomic mass is 10.1. The zero-order chi connectivity index (χ0) is 18.8. The number of carbonyl (C=O) groups is 1. The van der Waals surface area contributed by atoms with Crippen molar-refractivity contribution in [2.75, 3.05) is 6.54 Å². The van der Waals surface area contributed by atoms with Gasteiger partial charge in [-0.1, -0.05) is 17.3 Å². The summed E-state index contributed by atoms with van der Waals surface area (Å²) in [4.78, 5) is 16.3. The molecule has 4 rings (SSSR count). The largest absolute Gasteiger partial charge is 0.489 e. The highest BCUT2D eigenvalue weighted by Crippen LogP contribution is 2.35. The number of benzene rings is 1. The molecule has 2 aromatic heterocycles. The third-order valence-electron chi connectivity index (χ3n) is 5.03. The molecule has 1 fully saturated rings. The van der Waals surface area contributed by atoms with Gasteiger partial charge in [0.25, 0.3) is 5.91 Å². The number of amides is 1. The Bertz CT molecular complexity index is 913. The lowest BCUT2D eigenvalue weighted by Gasteiger charge is -2.24. The average Bonchev–Trinajstić information content (AvgIpc) is 3.41. The van der Waals surface area contributed by atoms with Gasteiger partial charge >= 0.3 is 0 Å². The fourth-order valence-corrected chi connectivity index (χ4v) is 4.41. The quantitative estimate of drug-likeness (QED) is 0.629. The molecule has 3 heterocycles. The molecule has 1 amide bonds. The van der Waals surface area contributed by atoms with Crippen LogP contribution in [0.15, 0.2) is 46.3 Å². The number of aromatic nitrogens is 1. The van der Waals surface area contributed by atoms with Crippen molar-refractivity contribution in [3.05, 3.63) is 69.2 Å². The third kappa shape index (κ3) is 3.62. The van der Waals surface area contributed by atoms with Crippen LogP contribution in [-0.4, -0.2) is 22.5 Å². The topological polar surface area (TPSA) is 55.6 Å². The van der Waals surface area contributed by atoms with Crippen LogP contribution in [0.1, 0.15) is 51.1 Å². The zero-order valence-electron chi connectivity index (χ0n) is 15.5. The van der Waals surface area contributed by atoms with Gasteiger partial charge in [0.05, 0.1) is 17.3 Å². The maximum atomic E-state index is 13.1. The second-order valence-corrected chi connectivity index (χ2v) is 7.77. The summed E-state index contributed by atoms with van der Waals surface area (Å²) in [6.45, 7) is 4.94. The summed E-state index contributed by atoms with van der Waals surface area (Å²) < 4.78 is 11.1. The van der Waals surface area contributed by atoms with Crippen LogP contribution >= 0.6 is 11.3 Å². The van der Waals surface area contributed by atoms with Gasteiger partial charge in [-0.15, -0.1) is 11.3 Å². The van der Waals surface area contributed by atoms with Crippen LogP contribution in [0.5, 0.6) is 5.75 Å². The van der Waals surface area contributed by atoms with Crippen molar-refractivity contribution in [1.29, 1.82) is 0 Å². The molecule has 5 nitrogen and oxygen atoms in total. The van der Waals surface area contributed by atoms with E-state index >= 15 is 0 Å². The Hall–Kier alpha value is -2.60. The summed E-state index contributed by atoms with van der Waals surface area (Å²) in [5, 5.41) is 6.01. The summed E-state index contributed by atoms with van der Waals surface area (Å²) in [5.74, 6) is 1.50. The van der Waals surface area contributed by atoms with E-state index in [-0.39, 0.29) is 11.9 Å². The molecule has 1 aromatic carbocycles. The Labute approximate surface area is 162 Å². The maximum Gasteiger partial charge on any atom is 0.254 e. The first kappa shape index (κ1) is 17.8. The highest BCUT2D eigenvalue weighted by Gasteiger charge is 2.31. The minimum Gasteiger partial charge on any atom is -0.489 e. The molecule has 0 spiro atoms. The molecule has 1 aliphatic rings. The van der Waals surface area contributed by atoms with Gasteiger partial charge in [-0.25, -0.2) is 0 Å². The van der Waals surface area contributed by atoms with Crippen molar-refractivity contribution in [2.24, 2.45) is 0 Å². The first-order chi connectivity index (χ1) is 13.1. The molecule has 0 bridgehead atoms. The summed E-state index contributed by atoms with van der Waals surface area (Å²) in [6.07, 6.45) is 2.06. The molecule has 0 unspecified atom stereocenters. The van der Waals surface area contributed by atoms with E-state index in [1.807, 2.05) is 49.1 Å². The van der Waals surface area contributed by atoms with Gasteiger partial charge in [-0.2, -0.15) is 0 Å². The number of nitrogens with zero attached hydrogens (tertiary/aromatic N) is 2. The standard InChI is InChI=1S/C21H22N2O3S/c1-14-18(15(2)26-22-14)13-25-17-7-3-6-16(12-17)21(24)23-10-4-8-19(23)20-9-5-11-27-20/h3,5-7,9,11-12,19H,4,8,10,13H2,1-2H3/t19-/m0/s1. The molecular formula is C21H22N2O3S. The molecule has 0 aliphatic carbocycles. The number of carbonyl (C=O) groups excluding carboxylic acids is 1. The van der Waals surface area contributed by atoms with Crippen LogP contribution < -0.4 is 4.74 Å². The minimum absolute atomic E-state index is 0.0636. The van der Waals surface area contributed by atoms with Crippen molar-refractivity contribution in [1.82, 2.24) is 10.1 Å². The van der Waals surface area contributed by atoms with E-state index in [1.165, 1.54) is 4.88 Å². The Morgan fingerprint density at radius 3 is 2.96 bits per heavy atom.